The lowest BCUT2D eigenvalue weighted by Crippen LogP contribution is -2.24. The Kier molecular flexibility index (Phi) is 4.94. The smallest absolute Gasteiger partial charge is 0.273 e. The van der Waals surface area contributed by atoms with E-state index in [-0.39, 0.29) is 23.1 Å². The molecule has 0 spiro atoms. The van der Waals surface area contributed by atoms with Gasteiger partial charge in [0.25, 0.3) is 5.91 Å². The van der Waals surface area contributed by atoms with Gasteiger partial charge in [-0.2, -0.15) is 5.10 Å². The first-order valence-corrected chi connectivity index (χ1v) is 7.91. The summed E-state index contributed by atoms with van der Waals surface area (Å²) in [6.07, 6.45) is 3.05. The van der Waals surface area contributed by atoms with Crippen molar-refractivity contribution in [3.63, 3.8) is 0 Å². The Bertz CT molecular complexity index is 908. The Hall–Kier alpha value is -3.67. The van der Waals surface area contributed by atoms with Crippen LogP contribution in [0.2, 0.25) is 0 Å². The summed E-state index contributed by atoms with van der Waals surface area (Å²) in [6, 6.07) is 16.4. The number of pyridine rings is 1. The molecule has 1 amide bonds. The highest BCUT2D eigenvalue weighted by Gasteiger charge is 2.18. The minimum atomic E-state index is -0.337. The van der Waals surface area contributed by atoms with Gasteiger partial charge in [0.1, 0.15) is 17.2 Å². The predicted octanol–water partition coefficient (Wildman–Crippen LogP) is 3.02. The largest absolute Gasteiger partial charge is 0.507 e. The topological polar surface area (TPSA) is 86.0 Å². The highest BCUT2D eigenvalue weighted by atomic mass is 16.3. The number of hydrogen-bond donors (Lipinski definition) is 2. The van der Waals surface area contributed by atoms with Crippen molar-refractivity contribution < 1.29 is 15.0 Å². The average molecular weight is 347 g/mol. The summed E-state index contributed by atoms with van der Waals surface area (Å²) in [7, 11) is 1.52. The number of phenols is 2. The highest BCUT2D eigenvalue weighted by Crippen LogP contribution is 2.26. The summed E-state index contributed by atoms with van der Waals surface area (Å²) in [5, 5.41) is 26.0. The molecule has 1 aromatic heterocycles. The van der Waals surface area contributed by atoms with Gasteiger partial charge in [-0.25, -0.2) is 5.01 Å². The molecule has 0 saturated heterocycles. The zero-order valence-electron chi connectivity index (χ0n) is 14.1. The Morgan fingerprint density at radius 1 is 0.885 bits per heavy atom. The van der Waals surface area contributed by atoms with Crippen LogP contribution >= 0.6 is 0 Å². The number of aromatic hydroxyl groups is 2. The van der Waals surface area contributed by atoms with Crippen molar-refractivity contribution in [3.8, 4) is 11.5 Å². The van der Waals surface area contributed by atoms with E-state index in [0.717, 1.165) is 0 Å². The minimum Gasteiger partial charge on any atom is -0.507 e. The summed E-state index contributed by atoms with van der Waals surface area (Å²) in [4.78, 5) is 16.5. The Morgan fingerprint density at radius 3 is 1.88 bits per heavy atom. The number of amides is 1. The first-order valence-electron chi connectivity index (χ1n) is 7.91. The summed E-state index contributed by atoms with van der Waals surface area (Å²) in [5.41, 5.74) is 1.53. The molecular weight excluding hydrogens is 330 g/mol. The van der Waals surface area contributed by atoms with Gasteiger partial charge in [-0.05, 0) is 36.4 Å². The summed E-state index contributed by atoms with van der Waals surface area (Å²) in [5.74, 6) is -0.339. The van der Waals surface area contributed by atoms with Gasteiger partial charge in [0.15, 0.2) is 0 Å². The van der Waals surface area contributed by atoms with Gasteiger partial charge < -0.3 is 10.2 Å². The zero-order valence-corrected chi connectivity index (χ0v) is 14.1. The molecule has 0 aliphatic carbocycles. The molecule has 0 fully saturated rings. The average Bonchev–Trinajstić information content (AvgIpc) is 2.67. The van der Waals surface area contributed by atoms with Crippen LogP contribution in [0, 0.1) is 0 Å². The van der Waals surface area contributed by atoms with Crippen LogP contribution in [0.3, 0.4) is 0 Å². The fourth-order valence-electron chi connectivity index (χ4n) is 2.48. The molecule has 2 N–H and O–H groups in total. The minimum absolute atomic E-state index is 0.000682. The second-order valence-electron chi connectivity index (χ2n) is 5.55. The molecule has 0 bridgehead atoms. The Labute approximate surface area is 150 Å². The van der Waals surface area contributed by atoms with Crippen molar-refractivity contribution in [3.05, 3.63) is 89.7 Å². The first kappa shape index (κ1) is 17.2. The normalized spacial score (nSPS) is 10.2. The number of hydrazone groups is 1. The third-order valence-electron chi connectivity index (χ3n) is 3.79. The zero-order chi connectivity index (χ0) is 18.5. The van der Waals surface area contributed by atoms with Crippen LogP contribution < -0.4 is 0 Å². The molecule has 0 aliphatic heterocycles. The monoisotopic (exact) mass is 347 g/mol. The Balaban J connectivity index is 2.09. The fourth-order valence-corrected chi connectivity index (χ4v) is 2.48. The van der Waals surface area contributed by atoms with Crippen LogP contribution in [0.1, 0.15) is 21.5 Å². The van der Waals surface area contributed by atoms with Crippen LogP contribution in [0.15, 0.2) is 78.2 Å². The van der Waals surface area contributed by atoms with Gasteiger partial charge >= 0.3 is 0 Å². The molecule has 0 radical (unpaired) electrons. The molecule has 0 atom stereocenters. The maximum Gasteiger partial charge on any atom is 0.273 e. The van der Waals surface area contributed by atoms with E-state index in [1.807, 2.05) is 0 Å². The van der Waals surface area contributed by atoms with Crippen LogP contribution in [-0.2, 0) is 0 Å². The highest BCUT2D eigenvalue weighted by molar-refractivity contribution is 6.16. The molecule has 130 valence electrons. The van der Waals surface area contributed by atoms with Crippen LogP contribution in [0.4, 0.5) is 0 Å². The number of para-hydroxylation sites is 2. The number of rotatable bonds is 4. The second kappa shape index (κ2) is 7.48. The van der Waals surface area contributed by atoms with E-state index in [9.17, 15) is 15.0 Å². The summed E-state index contributed by atoms with van der Waals surface area (Å²) >= 11 is 0. The van der Waals surface area contributed by atoms with Crippen LogP contribution in [0.5, 0.6) is 11.5 Å². The number of hydrogen-bond acceptors (Lipinski definition) is 5. The molecule has 0 saturated carbocycles. The van der Waals surface area contributed by atoms with Gasteiger partial charge in [0.2, 0.25) is 0 Å². The molecule has 3 rings (SSSR count). The van der Waals surface area contributed by atoms with Crippen molar-refractivity contribution in [2.24, 2.45) is 5.10 Å². The van der Waals surface area contributed by atoms with E-state index in [4.69, 9.17) is 0 Å². The molecule has 2 aromatic carbocycles. The van der Waals surface area contributed by atoms with Gasteiger partial charge in [-0.15, -0.1) is 0 Å². The SMILES string of the molecule is CN(N=C(c1ccccc1O)c1ccccc1O)C(=O)c1ccncc1. The van der Waals surface area contributed by atoms with Crippen molar-refractivity contribution >= 4 is 11.6 Å². The lowest BCUT2D eigenvalue weighted by Gasteiger charge is -2.16. The lowest BCUT2D eigenvalue weighted by atomic mass is 10.0. The van der Waals surface area contributed by atoms with E-state index in [0.29, 0.717) is 16.7 Å². The van der Waals surface area contributed by atoms with E-state index in [2.05, 4.69) is 10.1 Å². The molecule has 6 heteroatoms. The molecule has 3 aromatic rings. The number of phenolic OH excluding ortho intramolecular Hbond substituents is 2. The van der Waals surface area contributed by atoms with Gasteiger partial charge in [-0.1, -0.05) is 24.3 Å². The standard InChI is InChI=1S/C20H17N3O3/c1-23(20(26)14-10-12-21-13-11-14)22-19(15-6-2-4-8-17(15)24)16-7-3-5-9-18(16)25/h2-13,24-25H,1H3. The quantitative estimate of drug-likeness (QED) is 0.561. The van der Waals surface area contributed by atoms with E-state index >= 15 is 0 Å². The van der Waals surface area contributed by atoms with Crippen molar-refractivity contribution in [1.29, 1.82) is 0 Å². The van der Waals surface area contributed by atoms with Crippen molar-refractivity contribution in [1.82, 2.24) is 9.99 Å². The molecule has 6 nitrogen and oxygen atoms in total. The van der Waals surface area contributed by atoms with Crippen molar-refractivity contribution in [2.45, 2.75) is 0 Å². The van der Waals surface area contributed by atoms with Crippen molar-refractivity contribution in [2.75, 3.05) is 7.05 Å². The second-order valence-corrected chi connectivity index (χ2v) is 5.55. The molecule has 0 unspecified atom stereocenters. The predicted molar refractivity (Wildman–Crippen MR) is 98.2 cm³/mol. The van der Waals surface area contributed by atoms with Crippen LogP contribution in [0.25, 0.3) is 0 Å². The third kappa shape index (κ3) is 3.54. The van der Waals surface area contributed by atoms with Crippen LogP contribution in [-0.4, -0.2) is 38.9 Å². The number of carbonyl (C=O) groups is 1. The summed E-state index contributed by atoms with van der Waals surface area (Å²) < 4.78 is 0. The van der Waals surface area contributed by atoms with E-state index in [1.54, 1.807) is 48.5 Å². The number of nitrogens with zero attached hydrogens (tertiary/aromatic N) is 3. The maximum absolute atomic E-state index is 12.6. The maximum atomic E-state index is 12.6. The first-order chi connectivity index (χ1) is 12.6. The van der Waals surface area contributed by atoms with Gasteiger partial charge in [-0.3, -0.25) is 9.78 Å². The molecule has 0 aliphatic rings. The van der Waals surface area contributed by atoms with E-state index in [1.165, 1.54) is 36.6 Å². The molecular formula is C20H17N3O3. The molecule has 26 heavy (non-hydrogen) atoms. The Morgan fingerprint density at radius 2 is 1.38 bits per heavy atom. The lowest BCUT2D eigenvalue weighted by molar-refractivity contribution is 0.0799. The van der Waals surface area contributed by atoms with E-state index < -0.39 is 0 Å². The number of carbonyl (C=O) groups excluding carboxylic acids is 1. The molecule has 1 heterocycles. The fraction of sp³-hybridized carbons (Fsp3) is 0.0500. The number of aromatic nitrogens is 1. The summed E-state index contributed by atoms with van der Waals surface area (Å²) in [6.45, 7) is 0. The third-order valence-corrected chi connectivity index (χ3v) is 3.79. The number of benzene rings is 2. The van der Waals surface area contributed by atoms with Gasteiger partial charge in [0, 0.05) is 36.1 Å². The van der Waals surface area contributed by atoms with Gasteiger partial charge in [0.05, 0.1) is 0 Å².